The second-order valence-corrected chi connectivity index (χ2v) is 4.96. The Bertz CT molecular complexity index is 253. The Balaban J connectivity index is 2.59. The molecule has 1 N–H and O–H groups in total. The Morgan fingerprint density at radius 1 is 1.59 bits per heavy atom. The number of nitrogens with one attached hydrogen (secondary N) is 1. The van der Waals surface area contributed by atoms with Crippen LogP contribution in [-0.2, 0) is 9.53 Å². The first-order valence-corrected chi connectivity index (χ1v) is 6.70. The van der Waals surface area contributed by atoms with E-state index in [0.29, 0.717) is 19.1 Å². The van der Waals surface area contributed by atoms with Crippen LogP contribution in [0.3, 0.4) is 0 Å². The van der Waals surface area contributed by atoms with Crippen molar-refractivity contribution in [3.8, 4) is 0 Å². The average Bonchev–Trinajstić information content (AvgIpc) is 2.30. The SMILES string of the molecule is C=CCNC(C(=O)OCC)C1CCCC(C)C1. The minimum absolute atomic E-state index is 0.103. The normalized spacial score (nSPS) is 26.2. The minimum Gasteiger partial charge on any atom is -0.465 e. The molecule has 3 unspecified atom stereocenters. The molecule has 1 rings (SSSR count). The highest BCUT2D eigenvalue weighted by atomic mass is 16.5. The molecule has 0 spiro atoms. The van der Waals surface area contributed by atoms with Gasteiger partial charge in [0.25, 0.3) is 0 Å². The minimum atomic E-state index is -0.157. The number of hydrogen-bond donors (Lipinski definition) is 1. The van der Waals surface area contributed by atoms with Crippen molar-refractivity contribution in [2.24, 2.45) is 11.8 Å². The topological polar surface area (TPSA) is 38.3 Å². The van der Waals surface area contributed by atoms with E-state index in [1.807, 2.05) is 6.92 Å². The van der Waals surface area contributed by atoms with Gasteiger partial charge in [-0.1, -0.05) is 25.8 Å². The zero-order chi connectivity index (χ0) is 12.7. The number of esters is 1. The van der Waals surface area contributed by atoms with Crippen LogP contribution < -0.4 is 5.32 Å². The van der Waals surface area contributed by atoms with Crippen molar-refractivity contribution in [2.45, 2.75) is 45.6 Å². The maximum Gasteiger partial charge on any atom is 0.323 e. The molecule has 3 atom stereocenters. The lowest BCUT2D eigenvalue weighted by Gasteiger charge is -2.32. The van der Waals surface area contributed by atoms with Crippen molar-refractivity contribution in [2.75, 3.05) is 13.2 Å². The van der Waals surface area contributed by atoms with Crippen molar-refractivity contribution >= 4 is 5.97 Å². The van der Waals surface area contributed by atoms with Gasteiger partial charge in [0.2, 0.25) is 0 Å². The third-order valence-electron chi connectivity index (χ3n) is 3.47. The molecule has 0 bridgehead atoms. The molecule has 0 heterocycles. The van der Waals surface area contributed by atoms with Crippen LogP contribution in [-0.4, -0.2) is 25.2 Å². The summed E-state index contributed by atoms with van der Waals surface area (Å²) in [5.74, 6) is 1.03. The van der Waals surface area contributed by atoms with Crippen molar-refractivity contribution < 1.29 is 9.53 Å². The lowest BCUT2D eigenvalue weighted by Crippen LogP contribution is -2.45. The van der Waals surface area contributed by atoms with E-state index in [2.05, 4.69) is 18.8 Å². The van der Waals surface area contributed by atoms with Crippen LogP contribution in [0.1, 0.15) is 39.5 Å². The fraction of sp³-hybridized carbons (Fsp3) is 0.786. The molecule has 0 radical (unpaired) electrons. The second kappa shape index (κ2) is 7.49. The van der Waals surface area contributed by atoms with Gasteiger partial charge < -0.3 is 10.1 Å². The molecule has 98 valence electrons. The van der Waals surface area contributed by atoms with E-state index >= 15 is 0 Å². The van der Waals surface area contributed by atoms with Crippen molar-refractivity contribution in [1.82, 2.24) is 5.32 Å². The van der Waals surface area contributed by atoms with Crippen LogP contribution in [0.5, 0.6) is 0 Å². The standard InChI is InChI=1S/C14H25NO2/c1-4-9-15-13(14(16)17-5-2)12-8-6-7-11(3)10-12/h4,11-13,15H,1,5-10H2,2-3H3. The molecule has 3 nitrogen and oxygen atoms in total. The van der Waals surface area contributed by atoms with E-state index in [9.17, 15) is 4.79 Å². The van der Waals surface area contributed by atoms with Crippen molar-refractivity contribution in [3.05, 3.63) is 12.7 Å². The Hall–Kier alpha value is -0.830. The maximum atomic E-state index is 11.9. The molecule has 0 amide bonds. The highest BCUT2D eigenvalue weighted by Crippen LogP contribution is 2.31. The molecular formula is C14H25NO2. The van der Waals surface area contributed by atoms with Gasteiger partial charge >= 0.3 is 5.97 Å². The molecule has 0 saturated heterocycles. The van der Waals surface area contributed by atoms with Gasteiger partial charge in [0.05, 0.1) is 6.61 Å². The van der Waals surface area contributed by atoms with Crippen LogP contribution in [0, 0.1) is 11.8 Å². The Morgan fingerprint density at radius 2 is 2.35 bits per heavy atom. The maximum absolute atomic E-state index is 11.9. The van der Waals surface area contributed by atoms with E-state index in [-0.39, 0.29) is 12.0 Å². The largest absolute Gasteiger partial charge is 0.465 e. The van der Waals surface area contributed by atoms with Gasteiger partial charge in [0.15, 0.2) is 0 Å². The lowest BCUT2D eigenvalue weighted by molar-refractivity contribution is -0.147. The highest BCUT2D eigenvalue weighted by Gasteiger charge is 2.31. The molecule has 1 saturated carbocycles. The van der Waals surface area contributed by atoms with E-state index in [1.54, 1.807) is 6.08 Å². The summed E-state index contributed by atoms with van der Waals surface area (Å²) < 4.78 is 5.15. The fourth-order valence-corrected chi connectivity index (χ4v) is 2.67. The molecule has 1 aliphatic carbocycles. The molecule has 0 aromatic rings. The van der Waals surface area contributed by atoms with Gasteiger partial charge in [0.1, 0.15) is 6.04 Å². The molecule has 0 aliphatic heterocycles. The summed E-state index contributed by atoms with van der Waals surface area (Å²) >= 11 is 0. The van der Waals surface area contributed by atoms with Gasteiger partial charge in [-0.05, 0) is 31.6 Å². The average molecular weight is 239 g/mol. The zero-order valence-electron chi connectivity index (χ0n) is 11.1. The molecule has 0 aromatic heterocycles. The predicted octanol–water partition coefficient (Wildman–Crippen LogP) is 2.52. The first kappa shape index (κ1) is 14.2. The Labute approximate surface area is 105 Å². The third-order valence-corrected chi connectivity index (χ3v) is 3.47. The molecule has 1 aliphatic rings. The first-order chi connectivity index (χ1) is 8.19. The van der Waals surface area contributed by atoms with E-state index in [4.69, 9.17) is 4.74 Å². The summed E-state index contributed by atoms with van der Waals surface area (Å²) in [4.78, 5) is 11.9. The van der Waals surface area contributed by atoms with E-state index in [0.717, 1.165) is 18.8 Å². The summed E-state index contributed by atoms with van der Waals surface area (Å²) in [6.07, 6.45) is 6.54. The van der Waals surface area contributed by atoms with Gasteiger partial charge in [-0.2, -0.15) is 0 Å². The molecule has 0 aromatic carbocycles. The van der Waals surface area contributed by atoms with Gasteiger partial charge in [-0.3, -0.25) is 4.79 Å². The van der Waals surface area contributed by atoms with Gasteiger partial charge in [-0.15, -0.1) is 6.58 Å². The Morgan fingerprint density at radius 3 is 2.94 bits per heavy atom. The van der Waals surface area contributed by atoms with Crippen LogP contribution >= 0.6 is 0 Å². The Kier molecular flexibility index (Phi) is 6.27. The number of rotatable bonds is 6. The van der Waals surface area contributed by atoms with Gasteiger partial charge in [0, 0.05) is 6.54 Å². The molecule has 1 fully saturated rings. The van der Waals surface area contributed by atoms with Crippen molar-refractivity contribution in [3.63, 3.8) is 0 Å². The molecule has 3 heteroatoms. The van der Waals surface area contributed by atoms with Crippen LogP contribution in [0.4, 0.5) is 0 Å². The third kappa shape index (κ3) is 4.50. The lowest BCUT2D eigenvalue weighted by atomic mass is 9.78. The number of ether oxygens (including phenoxy) is 1. The number of carbonyl (C=O) groups excluding carboxylic acids is 1. The second-order valence-electron chi connectivity index (χ2n) is 4.96. The highest BCUT2D eigenvalue weighted by molar-refractivity contribution is 5.76. The summed E-state index contributed by atoms with van der Waals surface area (Å²) in [7, 11) is 0. The van der Waals surface area contributed by atoms with Crippen LogP contribution in [0.15, 0.2) is 12.7 Å². The molecule has 17 heavy (non-hydrogen) atoms. The van der Waals surface area contributed by atoms with E-state index < -0.39 is 0 Å². The zero-order valence-corrected chi connectivity index (χ0v) is 11.1. The quantitative estimate of drug-likeness (QED) is 0.572. The smallest absolute Gasteiger partial charge is 0.323 e. The monoisotopic (exact) mass is 239 g/mol. The van der Waals surface area contributed by atoms with Gasteiger partial charge in [-0.25, -0.2) is 0 Å². The fourth-order valence-electron chi connectivity index (χ4n) is 2.67. The number of carbonyl (C=O) groups is 1. The van der Waals surface area contributed by atoms with Crippen LogP contribution in [0.25, 0.3) is 0 Å². The number of hydrogen-bond acceptors (Lipinski definition) is 3. The predicted molar refractivity (Wildman–Crippen MR) is 69.7 cm³/mol. The molecular weight excluding hydrogens is 214 g/mol. The summed E-state index contributed by atoms with van der Waals surface area (Å²) in [6.45, 7) is 8.92. The first-order valence-electron chi connectivity index (χ1n) is 6.70. The van der Waals surface area contributed by atoms with Crippen LogP contribution in [0.2, 0.25) is 0 Å². The summed E-state index contributed by atoms with van der Waals surface area (Å²) in [5.41, 5.74) is 0. The van der Waals surface area contributed by atoms with E-state index in [1.165, 1.54) is 12.8 Å². The summed E-state index contributed by atoms with van der Waals surface area (Å²) in [5, 5.41) is 3.25. The van der Waals surface area contributed by atoms with Crippen molar-refractivity contribution in [1.29, 1.82) is 0 Å². The summed E-state index contributed by atoms with van der Waals surface area (Å²) in [6, 6.07) is -0.157.